The summed E-state index contributed by atoms with van der Waals surface area (Å²) in [6, 6.07) is 14.1. The van der Waals surface area contributed by atoms with Crippen LogP contribution in [0.2, 0.25) is 5.02 Å². The second kappa shape index (κ2) is 8.03. The minimum absolute atomic E-state index is 0.262. The van der Waals surface area contributed by atoms with Crippen molar-refractivity contribution >= 4 is 29.1 Å². The van der Waals surface area contributed by atoms with Gasteiger partial charge in [-0.05, 0) is 49.7 Å². The lowest BCUT2D eigenvalue weighted by Gasteiger charge is -2.23. The molecule has 2 N–H and O–H groups in total. The molecule has 0 fully saturated rings. The van der Waals surface area contributed by atoms with E-state index >= 15 is 0 Å². The van der Waals surface area contributed by atoms with Crippen LogP contribution in [0, 0.1) is 5.41 Å². The van der Waals surface area contributed by atoms with Crippen LogP contribution >= 0.6 is 11.6 Å². The number of methoxy groups -OCH3 is 1. The van der Waals surface area contributed by atoms with E-state index < -0.39 is 11.3 Å². The molecule has 2 amide bonds. The summed E-state index contributed by atoms with van der Waals surface area (Å²) in [5.74, 6) is -0.0810. The van der Waals surface area contributed by atoms with Gasteiger partial charge in [0.2, 0.25) is 11.8 Å². The summed E-state index contributed by atoms with van der Waals surface area (Å²) in [6.45, 7) is 3.42. The maximum Gasteiger partial charge on any atom is 0.239 e. The molecule has 2 aromatic rings. The maximum absolute atomic E-state index is 12.5. The van der Waals surface area contributed by atoms with Crippen molar-refractivity contribution in [2.75, 3.05) is 12.4 Å². The zero-order chi connectivity index (χ0) is 18.4. The Bertz CT molecular complexity index is 758. The Morgan fingerprint density at radius 1 is 1.04 bits per heavy atom. The first-order chi connectivity index (χ1) is 11.8. The van der Waals surface area contributed by atoms with E-state index in [0.29, 0.717) is 16.5 Å². The smallest absolute Gasteiger partial charge is 0.239 e. The number of rotatable bonds is 6. The van der Waals surface area contributed by atoms with Gasteiger partial charge in [0.25, 0.3) is 0 Å². The SMILES string of the molecule is COc1ccc(NC(=O)C(C)(C)C(=O)NCc2ccccc2Cl)cc1. The predicted octanol–water partition coefficient (Wildman–Crippen LogP) is 3.63. The van der Waals surface area contributed by atoms with Crippen LogP contribution in [0.15, 0.2) is 48.5 Å². The van der Waals surface area contributed by atoms with Gasteiger partial charge in [0, 0.05) is 17.3 Å². The molecule has 0 atom stereocenters. The van der Waals surface area contributed by atoms with Gasteiger partial charge < -0.3 is 15.4 Å². The average molecular weight is 361 g/mol. The van der Waals surface area contributed by atoms with Crippen LogP contribution in [0.5, 0.6) is 5.75 Å². The summed E-state index contributed by atoms with van der Waals surface area (Å²) in [5, 5.41) is 6.08. The number of halogens is 1. The molecule has 0 radical (unpaired) electrons. The van der Waals surface area contributed by atoms with E-state index in [1.807, 2.05) is 18.2 Å². The molecule has 0 aliphatic rings. The summed E-state index contributed by atoms with van der Waals surface area (Å²) in [6.07, 6.45) is 0. The van der Waals surface area contributed by atoms with Crippen molar-refractivity contribution < 1.29 is 14.3 Å². The third kappa shape index (κ3) is 4.73. The van der Waals surface area contributed by atoms with Gasteiger partial charge >= 0.3 is 0 Å². The van der Waals surface area contributed by atoms with E-state index in [1.165, 1.54) is 0 Å². The molecule has 2 rings (SSSR count). The third-order valence-corrected chi connectivity index (χ3v) is 4.25. The average Bonchev–Trinajstić information content (AvgIpc) is 2.61. The topological polar surface area (TPSA) is 67.4 Å². The normalized spacial score (nSPS) is 10.9. The van der Waals surface area contributed by atoms with Crippen LogP contribution < -0.4 is 15.4 Å². The Labute approximate surface area is 152 Å². The first kappa shape index (κ1) is 18.8. The zero-order valence-corrected chi connectivity index (χ0v) is 15.2. The number of carbonyl (C=O) groups is 2. The highest BCUT2D eigenvalue weighted by molar-refractivity contribution is 6.31. The summed E-state index contributed by atoms with van der Waals surface area (Å²) in [5.41, 5.74) is 0.155. The zero-order valence-electron chi connectivity index (χ0n) is 14.4. The Balaban J connectivity index is 1.99. The molecular formula is C19H21ClN2O3. The molecule has 5 nitrogen and oxygen atoms in total. The largest absolute Gasteiger partial charge is 0.497 e. The van der Waals surface area contributed by atoms with Crippen molar-refractivity contribution in [3.05, 3.63) is 59.1 Å². The molecule has 0 saturated heterocycles. The molecule has 0 heterocycles. The van der Waals surface area contributed by atoms with Crippen LogP contribution in [-0.2, 0) is 16.1 Å². The molecule has 0 aliphatic carbocycles. The molecule has 0 saturated carbocycles. The summed E-state index contributed by atoms with van der Waals surface area (Å²) in [7, 11) is 1.57. The molecule has 0 unspecified atom stereocenters. The molecule has 0 spiro atoms. The lowest BCUT2D eigenvalue weighted by atomic mass is 9.90. The fourth-order valence-corrected chi connectivity index (χ4v) is 2.31. The lowest BCUT2D eigenvalue weighted by molar-refractivity contribution is -0.138. The Morgan fingerprint density at radius 2 is 1.68 bits per heavy atom. The van der Waals surface area contributed by atoms with Crippen molar-refractivity contribution in [3.63, 3.8) is 0 Å². The fourth-order valence-electron chi connectivity index (χ4n) is 2.10. The summed E-state index contributed by atoms with van der Waals surface area (Å²) < 4.78 is 5.08. The van der Waals surface area contributed by atoms with Gasteiger partial charge in [-0.3, -0.25) is 9.59 Å². The number of nitrogens with one attached hydrogen (secondary N) is 2. The first-order valence-electron chi connectivity index (χ1n) is 7.82. The molecule has 0 aliphatic heterocycles. The molecule has 132 valence electrons. The van der Waals surface area contributed by atoms with Crippen LogP contribution in [-0.4, -0.2) is 18.9 Å². The first-order valence-corrected chi connectivity index (χ1v) is 8.19. The maximum atomic E-state index is 12.5. The summed E-state index contributed by atoms with van der Waals surface area (Å²) in [4.78, 5) is 24.9. The van der Waals surface area contributed by atoms with Crippen molar-refractivity contribution in [1.29, 1.82) is 0 Å². The highest BCUT2D eigenvalue weighted by Gasteiger charge is 2.36. The molecule has 2 aromatic carbocycles. The highest BCUT2D eigenvalue weighted by atomic mass is 35.5. The van der Waals surface area contributed by atoms with Crippen LogP contribution in [0.3, 0.4) is 0 Å². The Kier molecular flexibility index (Phi) is 6.04. The number of hydrogen-bond donors (Lipinski definition) is 2. The highest BCUT2D eigenvalue weighted by Crippen LogP contribution is 2.22. The van der Waals surface area contributed by atoms with E-state index in [2.05, 4.69) is 10.6 Å². The molecular weight excluding hydrogens is 340 g/mol. The number of anilines is 1. The van der Waals surface area contributed by atoms with Crippen molar-refractivity contribution in [1.82, 2.24) is 5.32 Å². The number of ether oxygens (including phenoxy) is 1. The van der Waals surface area contributed by atoms with Crippen molar-refractivity contribution in [2.24, 2.45) is 5.41 Å². The van der Waals surface area contributed by atoms with E-state index in [4.69, 9.17) is 16.3 Å². The number of hydrogen-bond acceptors (Lipinski definition) is 3. The lowest BCUT2D eigenvalue weighted by Crippen LogP contribution is -2.44. The Morgan fingerprint density at radius 3 is 2.28 bits per heavy atom. The van der Waals surface area contributed by atoms with Gasteiger partial charge in [0.15, 0.2) is 0 Å². The number of carbonyl (C=O) groups excluding carboxylic acids is 2. The van der Waals surface area contributed by atoms with Crippen LogP contribution in [0.25, 0.3) is 0 Å². The van der Waals surface area contributed by atoms with Gasteiger partial charge in [0.05, 0.1) is 7.11 Å². The summed E-state index contributed by atoms with van der Waals surface area (Å²) >= 11 is 6.08. The number of amides is 2. The van der Waals surface area contributed by atoms with E-state index in [-0.39, 0.29) is 12.5 Å². The van der Waals surface area contributed by atoms with E-state index in [9.17, 15) is 9.59 Å². The minimum Gasteiger partial charge on any atom is -0.497 e. The molecule has 25 heavy (non-hydrogen) atoms. The molecule has 0 aromatic heterocycles. The van der Waals surface area contributed by atoms with Gasteiger partial charge in [-0.1, -0.05) is 29.8 Å². The predicted molar refractivity (Wildman–Crippen MR) is 98.7 cm³/mol. The minimum atomic E-state index is -1.23. The van der Waals surface area contributed by atoms with Gasteiger partial charge in [-0.25, -0.2) is 0 Å². The van der Waals surface area contributed by atoms with Crippen molar-refractivity contribution in [2.45, 2.75) is 20.4 Å². The van der Waals surface area contributed by atoms with E-state index in [1.54, 1.807) is 51.3 Å². The monoisotopic (exact) mass is 360 g/mol. The second-order valence-electron chi connectivity index (χ2n) is 6.08. The fraction of sp³-hybridized carbons (Fsp3) is 0.263. The second-order valence-corrected chi connectivity index (χ2v) is 6.49. The van der Waals surface area contributed by atoms with Gasteiger partial charge in [0.1, 0.15) is 11.2 Å². The van der Waals surface area contributed by atoms with Crippen LogP contribution in [0.1, 0.15) is 19.4 Å². The quantitative estimate of drug-likeness (QED) is 0.773. The van der Waals surface area contributed by atoms with Gasteiger partial charge in [-0.15, -0.1) is 0 Å². The van der Waals surface area contributed by atoms with E-state index in [0.717, 1.165) is 5.56 Å². The third-order valence-electron chi connectivity index (χ3n) is 3.88. The standard InChI is InChI=1S/C19H21ClN2O3/c1-19(2,17(23)21-12-13-6-4-5-7-16(13)20)18(24)22-14-8-10-15(25-3)11-9-14/h4-11H,12H2,1-3H3,(H,21,23)(H,22,24). The van der Waals surface area contributed by atoms with Crippen LogP contribution in [0.4, 0.5) is 5.69 Å². The Hall–Kier alpha value is -2.53. The number of benzene rings is 2. The van der Waals surface area contributed by atoms with Gasteiger partial charge in [-0.2, -0.15) is 0 Å². The molecule has 0 bridgehead atoms. The molecule has 6 heteroatoms. The van der Waals surface area contributed by atoms with Crippen molar-refractivity contribution in [3.8, 4) is 5.75 Å².